The molecule has 2 nitrogen and oxygen atoms in total. The number of ether oxygens (including phenoxy) is 1. The predicted octanol–water partition coefficient (Wildman–Crippen LogP) is 2.33. The highest BCUT2D eigenvalue weighted by atomic mass is 16.5. The van der Waals surface area contributed by atoms with E-state index in [1.54, 1.807) is 0 Å². The van der Waals surface area contributed by atoms with E-state index in [0.29, 0.717) is 0 Å². The van der Waals surface area contributed by atoms with Crippen LogP contribution in [0.4, 0.5) is 0 Å². The fourth-order valence-electron chi connectivity index (χ4n) is 0.932. The van der Waals surface area contributed by atoms with Crippen molar-refractivity contribution in [1.29, 1.82) is 0 Å². The number of aliphatic imine (C=N–C) groups is 1. The third kappa shape index (κ3) is 3.37. The zero-order valence-electron chi connectivity index (χ0n) is 7.49. The zero-order chi connectivity index (χ0) is 8.65. The molecule has 2 heteroatoms. The molecule has 1 rings (SSSR count). The topological polar surface area (TPSA) is 21.6 Å². The third-order valence-corrected chi connectivity index (χ3v) is 1.55. The first-order valence-corrected chi connectivity index (χ1v) is 4.44. The zero-order valence-corrected chi connectivity index (χ0v) is 7.49. The first kappa shape index (κ1) is 9.04. The number of hydrogen-bond donors (Lipinski definition) is 0. The molecule has 1 heterocycles. The first-order chi connectivity index (χ1) is 5.93. The largest absolute Gasteiger partial charge is 0.476 e. The lowest BCUT2D eigenvalue weighted by molar-refractivity contribution is 0.350. The Hall–Kier alpha value is -1.05. The molecule has 0 aromatic carbocycles. The smallest absolute Gasteiger partial charge is 0.208 e. The number of unbranched alkanes of at least 4 members (excludes halogenated alkanes) is 1. The Balaban J connectivity index is 2.20. The molecule has 0 fully saturated rings. The molecule has 0 aliphatic carbocycles. The van der Waals surface area contributed by atoms with Crippen LogP contribution in [-0.4, -0.2) is 19.0 Å². The van der Waals surface area contributed by atoms with Crippen LogP contribution in [0.5, 0.6) is 0 Å². The average molecular weight is 165 g/mol. The van der Waals surface area contributed by atoms with Crippen LogP contribution < -0.4 is 0 Å². The molecule has 0 saturated heterocycles. The minimum absolute atomic E-state index is 0.734. The van der Waals surface area contributed by atoms with Gasteiger partial charge in [0.1, 0.15) is 6.61 Å². The van der Waals surface area contributed by atoms with Crippen molar-refractivity contribution in [2.45, 2.75) is 19.8 Å². The summed E-state index contributed by atoms with van der Waals surface area (Å²) in [7, 11) is 0. The fraction of sp³-hybridized carbons (Fsp3) is 0.500. The van der Waals surface area contributed by atoms with Gasteiger partial charge in [-0.1, -0.05) is 31.6 Å². The molecule has 0 atom stereocenters. The van der Waals surface area contributed by atoms with Crippen LogP contribution in [0.15, 0.2) is 29.3 Å². The van der Waals surface area contributed by atoms with Gasteiger partial charge in [-0.3, -0.25) is 0 Å². The van der Waals surface area contributed by atoms with Gasteiger partial charge in [0.2, 0.25) is 5.90 Å². The van der Waals surface area contributed by atoms with E-state index >= 15 is 0 Å². The normalized spacial score (nSPS) is 17.2. The summed E-state index contributed by atoms with van der Waals surface area (Å²) < 4.78 is 5.19. The lowest BCUT2D eigenvalue weighted by Gasteiger charge is -1.90. The van der Waals surface area contributed by atoms with E-state index in [0.717, 1.165) is 25.5 Å². The molecule has 0 radical (unpaired) electrons. The average Bonchev–Trinajstić information content (AvgIpc) is 2.57. The van der Waals surface area contributed by atoms with E-state index in [1.807, 2.05) is 18.2 Å². The van der Waals surface area contributed by atoms with Gasteiger partial charge in [0.25, 0.3) is 0 Å². The lowest BCUT2D eigenvalue weighted by atomic mass is 10.3. The number of rotatable bonds is 4. The minimum atomic E-state index is 0.734. The molecule has 0 unspecified atom stereocenters. The maximum Gasteiger partial charge on any atom is 0.208 e. The second-order valence-electron chi connectivity index (χ2n) is 2.64. The quantitative estimate of drug-likeness (QED) is 0.586. The highest BCUT2D eigenvalue weighted by molar-refractivity contribution is 5.88. The molecule has 0 saturated carbocycles. The van der Waals surface area contributed by atoms with Crippen molar-refractivity contribution in [2.24, 2.45) is 4.99 Å². The highest BCUT2D eigenvalue weighted by Crippen LogP contribution is 1.95. The van der Waals surface area contributed by atoms with Crippen LogP contribution in [0.1, 0.15) is 19.8 Å². The molecule has 0 spiro atoms. The van der Waals surface area contributed by atoms with Crippen LogP contribution in [0.2, 0.25) is 0 Å². The van der Waals surface area contributed by atoms with Gasteiger partial charge in [-0.05, 0) is 12.5 Å². The van der Waals surface area contributed by atoms with Crippen molar-refractivity contribution in [2.75, 3.05) is 13.2 Å². The van der Waals surface area contributed by atoms with Crippen molar-refractivity contribution in [3.05, 3.63) is 24.3 Å². The minimum Gasteiger partial charge on any atom is -0.476 e. The SMILES string of the molecule is CCCC=CC=CC1=NCCO1. The highest BCUT2D eigenvalue weighted by Gasteiger charge is 2.00. The number of allylic oxidation sites excluding steroid dienone is 3. The van der Waals surface area contributed by atoms with Gasteiger partial charge < -0.3 is 4.74 Å². The van der Waals surface area contributed by atoms with Crippen LogP contribution >= 0.6 is 0 Å². The Morgan fingerprint density at radius 3 is 3.08 bits per heavy atom. The van der Waals surface area contributed by atoms with Crippen molar-refractivity contribution < 1.29 is 4.74 Å². The summed E-state index contributed by atoms with van der Waals surface area (Å²) in [5, 5.41) is 0. The molecule has 0 aromatic rings. The van der Waals surface area contributed by atoms with Crippen LogP contribution in [0, 0.1) is 0 Å². The molecule has 12 heavy (non-hydrogen) atoms. The Morgan fingerprint density at radius 1 is 1.50 bits per heavy atom. The summed E-state index contributed by atoms with van der Waals surface area (Å²) in [5.74, 6) is 0.760. The summed E-state index contributed by atoms with van der Waals surface area (Å²) in [5.41, 5.74) is 0. The van der Waals surface area contributed by atoms with Crippen LogP contribution in [0.3, 0.4) is 0 Å². The van der Waals surface area contributed by atoms with Crippen molar-refractivity contribution in [3.8, 4) is 0 Å². The Morgan fingerprint density at radius 2 is 2.42 bits per heavy atom. The molecule has 0 N–H and O–H groups in total. The van der Waals surface area contributed by atoms with Crippen LogP contribution in [-0.2, 0) is 4.74 Å². The second kappa shape index (κ2) is 5.58. The Bertz CT molecular complexity index is 204. The fourth-order valence-corrected chi connectivity index (χ4v) is 0.932. The monoisotopic (exact) mass is 165 g/mol. The number of nitrogens with zero attached hydrogens (tertiary/aromatic N) is 1. The Labute approximate surface area is 73.6 Å². The summed E-state index contributed by atoms with van der Waals surface area (Å²) in [6, 6.07) is 0. The van der Waals surface area contributed by atoms with Gasteiger partial charge in [0.05, 0.1) is 6.54 Å². The van der Waals surface area contributed by atoms with E-state index < -0.39 is 0 Å². The summed E-state index contributed by atoms with van der Waals surface area (Å²) in [6.07, 6.45) is 10.4. The van der Waals surface area contributed by atoms with Crippen molar-refractivity contribution in [3.63, 3.8) is 0 Å². The van der Waals surface area contributed by atoms with Gasteiger partial charge in [0, 0.05) is 0 Å². The Kier molecular flexibility index (Phi) is 4.21. The maximum atomic E-state index is 5.19. The first-order valence-electron chi connectivity index (χ1n) is 4.44. The maximum absolute atomic E-state index is 5.19. The molecular weight excluding hydrogens is 150 g/mol. The number of hydrogen-bond acceptors (Lipinski definition) is 2. The molecule has 0 bridgehead atoms. The lowest BCUT2D eigenvalue weighted by Crippen LogP contribution is -1.92. The molecule has 1 aliphatic rings. The molecule has 1 aliphatic heterocycles. The van der Waals surface area contributed by atoms with Gasteiger partial charge >= 0.3 is 0 Å². The molecule has 0 amide bonds. The predicted molar refractivity (Wildman–Crippen MR) is 51.4 cm³/mol. The molecule has 0 aromatic heterocycles. The third-order valence-electron chi connectivity index (χ3n) is 1.55. The van der Waals surface area contributed by atoms with E-state index in [-0.39, 0.29) is 0 Å². The van der Waals surface area contributed by atoms with E-state index in [9.17, 15) is 0 Å². The summed E-state index contributed by atoms with van der Waals surface area (Å²) in [6.45, 7) is 3.70. The van der Waals surface area contributed by atoms with Gasteiger partial charge in [0.15, 0.2) is 0 Å². The van der Waals surface area contributed by atoms with Crippen LogP contribution in [0.25, 0.3) is 0 Å². The summed E-state index contributed by atoms with van der Waals surface area (Å²) >= 11 is 0. The van der Waals surface area contributed by atoms with Gasteiger partial charge in [-0.15, -0.1) is 0 Å². The second-order valence-corrected chi connectivity index (χ2v) is 2.64. The molecular formula is C10H15NO. The van der Waals surface area contributed by atoms with E-state index in [2.05, 4.69) is 18.0 Å². The standard InChI is InChI=1S/C10H15NO/c1-2-3-4-5-6-7-10-11-8-9-12-10/h4-7H,2-3,8-9H2,1H3. The molecule has 66 valence electrons. The van der Waals surface area contributed by atoms with Gasteiger partial charge in [-0.25, -0.2) is 4.99 Å². The van der Waals surface area contributed by atoms with Gasteiger partial charge in [-0.2, -0.15) is 0 Å². The van der Waals surface area contributed by atoms with E-state index in [1.165, 1.54) is 6.42 Å². The van der Waals surface area contributed by atoms with Crippen molar-refractivity contribution in [1.82, 2.24) is 0 Å². The summed E-state index contributed by atoms with van der Waals surface area (Å²) in [4.78, 5) is 4.13. The van der Waals surface area contributed by atoms with Crippen molar-refractivity contribution >= 4 is 5.90 Å². The van der Waals surface area contributed by atoms with E-state index in [4.69, 9.17) is 4.74 Å².